The molecule has 1 aromatic carbocycles. The van der Waals surface area contributed by atoms with Crippen LogP contribution in [0.5, 0.6) is 0 Å². The fourth-order valence-electron chi connectivity index (χ4n) is 0.900. The van der Waals surface area contributed by atoms with Gasteiger partial charge in [-0.15, -0.1) is 0 Å². The van der Waals surface area contributed by atoms with Gasteiger partial charge in [-0.25, -0.2) is 0 Å². The summed E-state index contributed by atoms with van der Waals surface area (Å²) in [5.41, 5.74) is -0.438. The lowest BCUT2D eigenvalue weighted by atomic mass is 10.1. The highest BCUT2D eigenvalue weighted by atomic mass is 35.5. The van der Waals surface area contributed by atoms with E-state index in [1.54, 1.807) is 0 Å². The van der Waals surface area contributed by atoms with Gasteiger partial charge in [-0.05, 0) is 18.2 Å². The summed E-state index contributed by atoms with van der Waals surface area (Å²) in [6.45, 7) is 0. The summed E-state index contributed by atoms with van der Waals surface area (Å²) < 4.78 is 36.3. The fraction of sp³-hybridized carbons (Fsp3) is 0.250. The van der Waals surface area contributed by atoms with Gasteiger partial charge in [0.1, 0.15) is 0 Å². The molecule has 0 aliphatic heterocycles. The molecule has 0 bridgehead atoms. The number of aliphatic hydroxyl groups is 1. The van der Waals surface area contributed by atoms with Crippen LogP contribution in [-0.2, 0) is 0 Å². The third-order valence-corrected chi connectivity index (χ3v) is 2.14. The zero-order valence-corrected chi connectivity index (χ0v) is 8.16. The maximum Gasteiger partial charge on any atom is 0.418 e. The van der Waals surface area contributed by atoms with Crippen molar-refractivity contribution < 1.29 is 18.3 Å². The number of benzene rings is 1. The summed E-state index contributed by atoms with van der Waals surface area (Å²) >= 11 is 11.0. The van der Waals surface area contributed by atoms with Crippen LogP contribution in [-0.4, -0.2) is 11.3 Å². The molecule has 0 spiro atoms. The Morgan fingerprint density at radius 1 is 1.21 bits per heavy atom. The standard InChI is InChI=1S/C8H5Cl2F3O/c9-4-1-2-6(10)5(3-4)7(14)8(11,12)13/h1-3,7,14H. The van der Waals surface area contributed by atoms with Gasteiger partial charge in [0, 0.05) is 15.6 Å². The molecule has 1 nitrogen and oxygen atoms in total. The van der Waals surface area contributed by atoms with Crippen LogP contribution in [0.1, 0.15) is 11.7 Å². The molecule has 1 atom stereocenters. The molecule has 0 aliphatic carbocycles. The lowest BCUT2D eigenvalue weighted by molar-refractivity contribution is -0.206. The van der Waals surface area contributed by atoms with E-state index >= 15 is 0 Å². The lowest BCUT2D eigenvalue weighted by Gasteiger charge is -2.16. The topological polar surface area (TPSA) is 20.2 Å². The predicted octanol–water partition coefficient (Wildman–Crippen LogP) is 3.59. The first-order valence-corrected chi connectivity index (χ1v) is 4.27. The first-order valence-electron chi connectivity index (χ1n) is 3.52. The average molecular weight is 245 g/mol. The first-order chi connectivity index (χ1) is 6.32. The molecule has 0 amide bonds. The van der Waals surface area contributed by atoms with E-state index in [0.717, 1.165) is 6.07 Å². The van der Waals surface area contributed by atoms with Crippen molar-refractivity contribution in [1.29, 1.82) is 0 Å². The van der Waals surface area contributed by atoms with Gasteiger partial charge in [0.05, 0.1) is 0 Å². The Morgan fingerprint density at radius 2 is 1.79 bits per heavy atom. The highest BCUT2D eigenvalue weighted by Crippen LogP contribution is 2.36. The van der Waals surface area contributed by atoms with Gasteiger partial charge in [0.25, 0.3) is 0 Å². The fourth-order valence-corrected chi connectivity index (χ4v) is 1.30. The SMILES string of the molecule is OC(c1cc(Cl)ccc1Cl)C(F)(F)F. The largest absolute Gasteiger partial charge is 0.418 e. The highest BCUT2D eigenvalue weighted by molar-refractivity contribution is 6.33. The van der Waals surface area contributed by atoms with Crippen molar-refractivity contribution in [3.63, 3.8) is 0 Å². The monoisotopic (exact) mass is 244 g/mol. The molecule has 0 saturated heterocycles. The van der Waals surface area contributed by atoms with E-state index in [1.807, 2.05) is 0 Å². The van der Waals surface area contributed by atoms with Gasteiger partial charge in [-0.2, -0.15) is 13.2 Å². The molecular formula is C8H5Cl2F3O. The normalized spacial score (nSPS) is 14.1. The van der Waals surface area contributed by atoms with E-state index in [1.165, 1.54) is 12.1 Å². The molecule has 0 aromatic heterocycles. The molecule has 0 saturated carbocycles. The van der Waals surface area contributed by atoms with Crippen LogP contribution in [0.3, 0.4) is 0 Å². The van der Waals surface area contributed by atoms with E-state index < -0.39 is 17.8 Å². The summed E-state index contributed by atoms with van der Waals surface area (Å²) in [4.78, 5) is 0. The molecule has 1 N–H and O–H groups in total. The van der Waals surface area contributed by atoms with Crippen LogP contribution in [0.4, 0.5) is 13.2 Å². The molecule has 14 heavy (non-hydrogen) atoms. The molecule has 1 aromatic rings. The molecule has 1 rings (SSSR count). The zero-order chi connectivity index (χ0) is 10.9. The van der Waals surface area contributed by atoms with Crippen molar-refractivity contribution in [1.82, 2.24) is 0 Å². The predicted molar refractivity (Wildman–Crippen MR) is 47.5 cm³/mol. The summed E-state index contributed by atoms with van der Waals surface area (Å²) in [5.74, 6) is 0. The van der Waals surface area contributed by atoms with Gasteiger partial charge < -0.3 is 5.11 Å². The zero-order valence-electron chi connectivity index (χ0n) is 6.65. The molecule has 0 heterocycles. The molecule has 78 valence electrons. The second kappa shape index (κ2) is 3.96. The minimum Gasteiger partial charge on any atom is -0.379 e. The number of aliphatic hydroxyl groups excluding tert-OH is 1. The van der Waals surface area contributed by atoms with E-state index in [4.69, 9.17) is 28.3 Å². The minimum absolute atomic E-state index is 0.0905. The third kappa shape index (κ3) is 2.53. The van der Waals surface area contributed by atoms with Gasteiger partial charge in [0.15, 0.2) is 6.10 Å². The van der Waals surface area contributed by atoms with Crippen molar-refractivity contribution in [2.45, 2.75) is 12.3 Å². The van der Waals surface area contributed by atoms with Gasteiger partial charge >= 0.3 is 6.18 Å². The molecule has 0 fully saturated rings. The van der Waals surface area contributed by atoms with Crippen molar-refractivity contribution in [3.8, 4) is 0 Å². The summed E-state index contributed by atoms with van der Waals surface area (Å²) in [5, 5.41) is 8.82. The van der Waals surface area contributed by atoms with Crippen LogP contribution >= 0.6 is 23.2 Å². The second-order valence-corrected chi connectivity index (χ2v) is 3.45. The highest BCUT2D eigenvalue weighted by Gasteiger charge is 2.40. The Morgan fingerprint density at radius 3 is 2.29 bits per heavy atom. The Kier molecular flexibility index (Phi) is 3.29. The Labute approximate surface area is 88.1 Å². The Balaban J connectivity index is 3.12. The maximum atomic E-state index is 12.1. The van der Waals surface area contributed by atoms with Crippen molar-refractivity contribution in [2.75, 3.05) is 0 Å². The smallest absolute Gasteiger partial charge is 0.379 e. The molecule has 6 heteroatoms. The second-order valence-electron chi connectivity index (χ2n) is 2.61. The Hall–Kier alpha value is -0.450. The number of hydrogen-bond donors (Lipinski definition) is 1. The molecular weight excluding hydrogens is 240 g/mol. The van der Waals surface area contributed by atoms with Crippen LogP contribution in [0.15, 0.2) is 18.2 Å². The van der Waals surface area contributed by atoms with Crippen molar-refractivity contribution in [2.24, 2.45) is 0 Å². The van der Waals surface area contributed by atoms with Crippen molar-refractivity contribution in [3.05, 3.63) is 33.8 Å². The molecule has 0 radical (unpaired) electrons. The van der Waals surface area contributed by atoms with E-state index in [0.29, 0.717) is 0 Å². The first kappa shape index (κ1) is 11.6. The Bertz CT molecular complexity index is 338. The van der Waals surface area contributed by atoms with Crippen LogP contribution < -0.4 is 0 Å². The maximum absolute atomic E-state index is 12.1. The molecule has 0 aliphatic rings. The average Bonchev–Trinajstić information content (AvgIpc) is 2.06. The minimum atomic E-state index is -4.74. The van der Waals surface area contributed by atoms with Crippen LogP contribution in [0.2, 0.25) is 10.0 Å². The van der Waals surface area contributed by atoms with E-state index in [2.05, 4.69) is 0 Å². The van der Waals surface area contributed by atoms with Crippen LogP contribution in [0, 0.1) is 0 Å². The number of alkyl halides is 3. The number of halogens is 5. The summed E-state index contributed by atoms with van der Waals surface area (Å²) in [6.07, 6.45) is -7.34. The van der Waals surface area contributed by atoms with Gasteiger partial charge in [0.2, 0.25) is 0 Å². The number of rotatable bonds is 1. The van der Waals surface area contributed by atoms with Crippen molar-refractivity contribution >= 4 is 23.2 Å². The summed E-state index contributed by atoms with van der Waals surface area (Å²) in [7, 11) is 0. The third-order valence-electron chi connectivity index (χ3n) is 1.56. The number of hydrogen-bond acceptors (Lipinski definition) is 1. The summed E-state index contributed by atoms with van der Waals surface area (Å²) in [6, 6.07) is 3.53. The lowest BCUT2D eigenvalue weighted by Crippen LogP contribution is -2.20. The van der Waals surface area contributed by atoms with Gasteiger partial charge in [-0.3, -0.25) is 0 Å². The van der Waals surface area contributed by atoms with Crippen LogP contribution in [0.25, 0.3) is 0 Å². The van der Waals surface area contributed by atoms with Gasteiger partial charge in [-0.1, -0.05) is 23.2 Å². The quantitative estimate of drug-likeness (QED) is 0.801. The van der Waals surface area contributed by atoms with E-state index in [-0.39, 0.29) is 10.0 Å². The van der Waals surface area contributed by atoms with E-state index in [9.17, 15) is 13.2 Å². The molecule has 1 unspecified atom stereocenters.